The Morgan fingerprint density at radius 1 is 1.55 bits per heavy atom. The minimum Gasteiger partial charge on any atom is -0.370 e. The molecule has 0 aromatic heterocycles. The first-order valence-corrected chi connectivity index (χ1v) is 3.06. The van der Waals surface area contributed by atoms with Crippen LogP contribution >= 0.6 is 0 Å². The number of hydrogen-bond donors (Lipinski definition) is 2. The van der Waals surface area contributed by atoms with E-state index in [1.807, 2.05) is 0 Å². The molecule has 0 aromatic rings. The maximum atomic E-state index is 11.4. The molecule has 0 aliphatic heterocycles. The Bertz CT molecular complexity index is 106. The van der Waals surface area contributed by atoms with Crippen LogP contribution in [0.5, 0.6) is 0 Å². The number of hydrazine groups is 1. The summed E-state index contributed by atoms with van der Waals surface area (Å²) in [7, 11) is 0. The van der Waals surface area contributed by atoms with Crippen molar-refractivity contribution in [3.63, 3.8) is 0 Å². The van der Waals surface area contributed by atoms with Crippen molar-refractivity contribution in [1.82, 2.24) is 5.43 Å². The molecule has 0 aliphatic carbocycles. The van der Waals surface area contributed by atoms with Gasteiger partial charge in [0.05, 0.1) is 6.61 Å². The topological polar surface area (TPSA) is 47.3 Å². The minimum absolute atomic E-state index is 0.0456. The molecular formula is C5H11F3N2O. The molecule has 0 amide bonds. The average Bonchev–Trinajstić information content (AvgIpc) is 1.85. The lowest BCUT2D eigenvalue weighted by Crippen LogP contribution is -2.37. The van der Waals surface area contributed by atoms with E-state index in [4.69, 9.17) is 5.84 Å². The lowest BCUT2D eigenvalue weighted by Gasteiger charge is -2.11. The third kappa shape index (κ3) is 7.57. The largest absolute Gasteiger partial charge is 0.411 e. The summed E-state index contributed by atoms with van der Waals surface area (Å²) in [5, 5.41) is 0. The van der Waals surface area contributed by atoms with Crippen LogP contribution in [0.1, 0.15) is 6.92 Å². The van der Waals surface area contributed by atoms with Gasteiger partial charge in [-0.15, -0.1) is 0 Å². The first kappa shape index (κ1) is 10.7. The zero-order valence-electron chi connectivity index (χ0n) is 6.11. The lowest BCUT2D eigenvalue weighted by atomic mass is 10.4. The molecule has 1 atom stereocenters. The highest BCUT2D eigenvalue weighted by molar-refractivity contribution is 4.54. The number of ether oxygens (including phenoxy) is 1. The van der Waals surface area contributed by atoms with Gasteiger partial charge >= 0.3 is 6.18 Å². The summed E-state index contributed by atoms with van der Waals surface area (Å²) in [5.41, 5.74) is 2.26. The molecule has 1 unspecified atom stereocenters. The van der Waals surface area contributed by atoms with Crippen molar-refractivity contribution < 1.29 is 17.9 Å². The fourth-order valence-electron chi connectivity index (χ4n) is 0.400. The van der Waals surface area contributed by atoms with Gasteiger partial charge in [-0.2, -0.15) is 13.2 Å². The zero-order chi connectivity index (χ0) is 8.91. The first-order valence-electron chi connectivity index (χ1n) is 3.06. The van der Waals surface area contributed by atoms with Crippen molar-refractivity contribution in [3.05, 3.63) is 0 Å². The van der Waals surface area contributed by atoms with E-state index in [1.165, 1.54) is 0 Å². The second kappa shape index (κ2) is 4.53. The van der Waals surface area contributed by atoms with E-state index in [0.29, 0.717) is 0 Å². The fraction of sp³-hybridized carbons (Fsp3) is 1.00. The summed E-state index contributed by atoms with van der Waals surface area (Å²) in [4.78, 5) is 0. The quantitative estimate of drug-likeness (QED) is 0.477. The number of nitrogens with one attached hydrogen (secondary N) is 1. The first-order chi connectivity index (χ1) is 4.95. The molecular weight excluding hydrogens is 161 g/mol. The van der Waals surface area contributed by atoms with Crippen LogP contribution in [-0.4, -0.2) is 25.4 Å². The van der Waals surface area contributed by atoms with Crippen molar-refractivity contribution in [3.8, 4) is 0 Å². The van der Waals surface area contributed by atoms with Gasteiger partial charge in [-0.1, -0.05) is 0 Å². The van der Waals surface area contributed by atoms with Crippen molar-refractivity contribution in [2.45, 2.75) is 19.1 Å². The predicted octanol–water partition coefficient (Wildman–Crippen LogP) is 0.417. The van der Waals surface area contributed by atoms with E-state index < -0.39 is 12.8 Å². The molecule has 0 radical (unpaired) electrons. The third-order valence-electron chi connectivity index (χ3n) is 0.918. The molecule has 6 heteroatoms. The molecule has 0 spiro atoms. The van der Waals surface area contributed by atoms with Crippen LogP contribution in [0.4, 0.5) is 13.2 Å². The molecule has 0 rings (SSSR count). The normalized spacial score (nSPS) is 15.0. The minimum atomic E-state index is -4.26. The van der Waals surface area contributed by atoms with Crippen molar-refractivity contribution in [2.24, 2.45) is 5.84 Å². The van der Waals surface area contributed by atoms with Gasteiger partial charge in [0, 0.05) is 6.04 Å². The van der Waals surface area contributed by atoms with Gasteiger partial charge in [-0.25, -0.2) is 0 Å². The van der Waals surface area contributed by atoms with Crippen LogP contribution in [0.3, 0.4) is 0 Å². The Morgan fingerprint density at radius 3 is 2.45 bits per heavy atom. The molecule has 3 N–H and O–H groups in total. The summed E-state index contributed by atoms with van der Waals surface area (Å²) in [6.07, 6.45) is -4.26. The molecule has 11 heavy (non-hydrogen) atoms. The van der Waals surface area contributed by atoms with Gasteiger partial charge in [0.25, 0.3) is 0 Å². The van der Waals surface area contributed by atoms with Crippen LogP contribution in [0, 0.1) is 0 Å². The fourth-order valence-corrected chi connectivity index (χ4v) is 0.400. The summed E-state index contributed by atoms with van der Waals surface area (Å²) >= 11 is 0. The Kier molecular flexibility index (Phi) is 4.39. The number of rotatable bonds is 4. The van der Waals surface area contributed by atoms with E-state index >= 15 is 0 Å². The maximum absolute atomic E-state index is 11.4. The van der Waals surface area contributed by atoms with Crippen molar-refractivity contribution in [1.29, 1.82) is 0 Å². The number of nitrogens with two attached hydrogens (primary N) is 1. The molecule has 0 fully saturated rings. The smallest absolute Gasteiger partial charge is 0.370 e. The molecule has 0 aliphatic rings. The molecule has 0 saturated carbocycles. The van der Waals surface area contributed by atoms with Crippen LogP contribution in [0.15, 0.2) is 0 Å². The summed E-state index contributed by atoms with van der Waals surface area (Å²) in [6, 6.07) is -0.266. The molecule has 0 heterocycles. The van der Waals surface area contributed by atoms with Crippen LogP contribution < -0.4 is 11.3 Å². The predicted molar refractivity (Wildman–Crippen MR) is 33.7 cm³/mol. The summed E-state index contributed by atoms with van der Waals surface area (Å²) in [6.45, 7) is 0.353. The number of halogens is 3. The monoisotopic (exact) mass is 172 g/mol. The van der Waals surface area contributed by atoms with E-state index in [2.05, 4.69) is 10.2 Å². The Morgan fingerprint density at radius 2 is 2.09 bits per heavy atom. The highest BCUT2D eigenvalue weighted by Crippen LogP contribution is 2.14. The van der Waals surface area contributed by atoms with E-state index in [0.717, 1.165) is 0 Å². The zero-order valence-corrected chi connectivity index (χ0v) is 6.11. The molecule has 0 aromatic carbocycles. The standard InChI is InChI=1S/C5H11F3N2O/c1-4(10-9)2-11-3-5(6,7)8/h4,10H,2-3,9H2,1H3. The molecule has 3 nitrogen and oxygen atoms in total. The lowest BCUT2D eigenvalue weighted by molar-refractivity contribution is -0.175. The Hall–Kier alpha value is -0.330. The third-order valence-corrected chi connectivity index (χ3v) is 0.918. The van der Waals surface area contributed by atoms with Gasteiger partial charge in [0.15, 0.2) is 0 Å². The average molecular weight is 172 g/mol. The highest BCUT2D eigenvalue weighted by Gasteiger charge is 2.27. The van der Waals surface area contributed by atoms with Crippen LogP contribution in [0.25, 0.3) is 0 Å². The van der Waals surface area contributed by atoms with Gasteiger partial charge in [-0.3, -0.25) is 11.3 Å². The van der Waals surface area contributed by atoms with Crippen molar-refractivity contribution >= 4 is 0 Å². The van der Waals surface area contributed by atoms with Crippen LogP contribution in [0.2, 0.25) is 0 Å². The van der Waals surface area contributed by atoms with Gasteiger partial charge in [-0.05, 0) is 6.92 Å². The van der Waals surface area contributed by atoms with Gasteiger partial charge < -0.3 is 4.74 Å². The second-order valence-electron chi connectivity index (χ2n) is 2.20. The van der Waals surface area contributed by atoms with E-state index in [9.17, 15) is 13.2 Å². The molecule has 0 bridgehead atoms. The Balaban J connectivity index is 3.28. The van der Waals surface area contributed by atoms with Crippen LogP contribution in [-0.2, 0) is 4.74 Å². The van der Waals surface area contributed by atoms with Crippen molar-refractivity contribution in [2.75, 3.05) is 13.2 Å². The van der Waals surface area contributed by atoms with Gasteiger partial charge in [0.2, 0.25) is 0 Å². The molecule has 68 valence electrons. The SMILES string of the molecule is CC(COCC(F)(F)F)NN. The Labute approximate surface area is 62.7 Å². The number of hydrogen-bond acceptors (Lipinski definition) is 3. The number of alkyl halides is 3. The summed E-state index contributed by atoms with van der Waals surface area (Å²) < 4.78 is 38.6. The van der Waals surface area contributed by atoms with E-state index in [-0.39, 0.29) is 12.6 Å². The van der Waals surface area contributed by atoms with Gasteiger partial charge in [0.1, 0.15) is 6.61 Å². The maximum Gasteiger partial charge on any atom is 0.411 e. The molecule has 0 saturated heterocycles. The second-order valence-corrected chi connectivity index (χ2v) is 2.20. The van der Waals surface area contributed by atoms with E-state index in [1.54, 1.807) is 6.92 Å². The summed E-state index contributed by atoms with van der Waals surface area (Å²) in [5.74, 6) is 4.91. The highest BCUT2D eigenvalue weighted by atomic mass is 19.4.